The molecule has 0 radical (unpaired) electrons. The zero-order valence-corrected chi connectivity index (χ0v) is 9.45. The van der Waals surface area contributed by atoms with Crippen molar-refractivity contribution >= 4 is 0 Å². The standard InChI is InChI=1S/C11H20N2O2/c1-14-7-8-15-10-11-3-6-13(9-11)5-2-4-12/h11H,2-3,5-10H2,1H3. The Kier molecular flexibility index (Phi) is 6.33. The Labute approximate surface area is 91.8 Å². The highest BCUT2D eigenvalue weighted by Crippen LogP contribution is 2.16. The Hall–Kier alpha value is -0.630. The summed E-state index contributed by atoms with van der Waals surface area (Å²) in [4.78, 5) is 2.34. The van der Waals surface area contributed by atoms with Crippen LogP contribution in [0.1, 0.15) is 12.8 Å². The van der Waals surface area contributed by atoms with E-state index >= 15 is 0 Å². The normalized spacial score (nSPS) is 21.7. The molecule has 0 bridgehead atoms. The quantitative estimate of drug-likeness (QED) is 0.588. The van der Waals surface area contributed by atoms with Crippen molar-refractivity contribution < 1.29 is 9.47 Å². The molecule has 0 aromatic carbocycles. The average molecular weight is 212 g/mol. The highest BCUT2D eigenvalue weighted by Gasteiger charge is 2.21. The first-order valence-electron chi connectivity index (χ1n) is 5.52. The smallest absolute Gasteiger partial charge is 0.0700 e. The topological polar surface area (TPSA) is 45.5 Å². The summed E-state index contributed by atoms with van der Waals surface area (Å²) < 4.78 is 10.4. The average Bonchev–Trinajstić information content (AvgIpc) is 2.69. The minimum atomic E-state index is 0.636. The van der Waals surface area contributed by atoms with Crippen molar-refractivity contribution in [1.82, 2.24) is 4.90 Å². The van der Waals surface area contributed by atoms with Crippen molar-refractivity contribution in [2.75, 3.05) is 46.6 Å². The highest BCUT2D eigenvalue weighted by molar-refractivity contribution is 4.79. The maximum absolute atomic E-state index is 8.48. The third-order valence-electron chi connectivity index (χ3n) is 2.70. The van der Waals surface area contributed by atoms with Crippen molar-refractivity contribution in [2.45, 2.75) is 12.8 Å². The molecule has 0 aromatic heterocycles. The van der Waals surface area contributed by atoms with E-state index in [-0.39, 0.29) is 0 Å². The summed E-state index contributed by atoms with van der Waals surface area (Å²) in [6, 6.07) is 2.18. The van der Waals surface area contributed by atoms with Gasteiger partial charge in [0.05, 0.1) is 25.9 Å². The molecule has 86 valence electrons. The summed E-state index contributed by atoms with van der Waals surface area (Å²) in [5.41, 5.74) is 0. The lowest BCUT2D eigenvalue weighted by atomic mass is 10.1. The van der Waals surface area contributed by atoms with Crippen molar-refractivity contribution in [2.24, 2.45) is 5.92 Å². The first-order valence-corrected chi connectivity index (χ1v) is 5.52. The summed E-state index contributed by atoms with van der Waals surface area (Å²) in [7, 11) is 1.68. The lowest BCUT2D eigenvalue weighted by molar-refractivity contribution is 0.0527. The van der Waals surface area contributed by atoms with Gasteiger partial charge >= 0.3 is 0 Å². The largest absolute Gasteiger partial charge is 0.382 e. The third kappa shape index (κ3) is 5.12. The van der Waals surface area contributed by atoms with Gasteiger partial charge < -0.3 is 14.4 Å². The van der Waals surface area contributed by atoms with E-state index in [9.17, 15) is 0 Å². The maximum Gasteiger partial charge on any atom is 0.0700 e. The Bertz CT molecular complexity index is 203. The van der Waals surface area contributed by atoms with Crippen LogP contribution in [0.25, 0.3) is 0 Å². The van der Waals surface area contributed by atoms with Gasteiger partial charge in [-0.1, -0.05) is 0 Å². The Morgan fingerprint density at radius 2 is 2.33 bits per heavy atom. The molecule has 1 saturated heterocycles. The molecule has 0 amide bonds. The number of ether oxygens (including phenoxy) is 2. The number of hydrogen-bond donors (Lipinski definition) is 0. The van der Waals surface area contributed by atoms with Crippen LogP contribution in [0.5, 0.6) is 0 Å². The van der Waals surface area contributed by atoms with Crippen molar-refractivity contribution in [3.63, 3.8) is 0 Å². The number of nitriles is 1. The van der Waals surface area contributed by atoms with E-state index in [0.717, 1.165) is 26.2 Å². The number of rotatable bonds is 7. The van der Waals surface area contributed by atoms with E-state index in [1.165, 1.54) is 6.42 Å². The predicted molar refractivity (Wildman–Crippen MR) is 57.5 cm³/mol. The second-order valence-corrected chi connectivity index (χ2v) is 3.93. The monoisotopic (exact) mass is 212 g/mol. The SMILES string of the molecule is COCCOCC1CCN(CCC#N)C1. The van der Waals surface area contributed by atoms with Crippen molar-refractivity contribution in [3.8, 4) is 6.07 Å². The van der Waals surface area contributed by atoms with Crippen LogP contribution in [-0.2, 0) is 9.47 Å². The van der Waals surface area contributed by atoms with Gasteiger partial charge in [0, 0.05) is 26.6 Å². The van der Waals surface area contributed by atoms with Gasteiger partial charge in [0.2, 0.25) is 0 Å². The van der Waals surface area contributed by atoms with Gasteiger partial charge in [0.25, 0.3) is 0 Å². The Morgan fingerprint density at radius 3 is 3.07 bits per heavy atom. The zero-order chi connectivity index (χ0) is 10.9. The second kappa shape index (κ2) is 7.63. The molecule has 1 heterocycles. The molecule has 0 saturated carbocycles. The summed E-state index contributed by atoms with van der Waals surface area (Å²) in [6.45, 7) is 5.28. The summed E-state index contributed by atoms with van der Waals surface area (Å²) in [5.74, 6) is 0.639. The molecular formula is C11H20N2O2. The van der Waals surface area contributed by atoms with E-state index in [0.29, 0.717) is 25.6 Å². The maximum atomic E-state index is 8.48. The van der Waals surface area contributed by atoms with Crippen LogP contribution in [0.3, 0.4) is 0 Å². The molecular weight excluding hydrogens is 192 g/mol. The van der Waals surface area contributed by atoms with Crippen LogP contribution in [-0.4, -0.2) is 51.5 Å². The first kappa shape index (κ1) is 12.4. The van der Waals surface area contributed by atoms with E-state index in [1.807, 2.05) is 0 Å². The van der Waals surface area contributed by atoms with Gasteiger partial charge in [-0.3, -0.25) is 0 Å². The molecule has 1 aliphatic heterocycles. The van der Waals surface area contributed by atoms with Crippen LogP contribution in [0.4, 0.5) is 0 Å². The molecule has 1 unspecified atom stereocenters. The number of methoxy groups -OCH3 is 1. The van der Waals surface area contributed by atoms with E-state index < -0.39 is 0 Å². The van der Waals surface area contributed by atoms with Gasteiger partial charge in [-0.2, -0.15) is 5.26 Å². The van der Waals surface area contributed by atoms with Crippen LogP contribution in [0, 0.1) is 17.2 Å². The minimum Gasteiger partial charge on any atom is -0.382 e. The number of nitrogens with zero attached hydrogens (tertiary/aromatic N) is 2. The fraction of sp³-hybridized carbons (Fsp3) is 0.909. The third-order valence-corrected chi connectivity index (χ3v) is 2.70. The van der Waals surface area contributed by atoms with Crippen LogP contribution in [0.15, 0.2) is 0 Å². The fourth-order valence-electron chi connectivity index (χ4n) is 1.85. The molecule has 15 heavy (non-hydrogen) atoms. The van der Waals surface area contributed by atoms with Gasteiger partial charge in [0.15, 0.2) is 0 Å². The molecule has 4 nitrogen and oxygen atoms in total. The molecule has 4 heteroatoms. The lowest BCUT2D eigenvalue weighted by Gasteiger charge is -2.14. The molecule has 1 atom stereocenters. The Morgan fingerprint density at radius 1 is 1.47 bits per heavy atom. The van der Waals surface area contributed by atoms with Gasteiger partial charge in [-0.15, -0.1) is 0 Å². The first-order chi connectivity index (χ1) is 7.36. The van der Waals surface area contributed by atoms with Gasteiger partial charge in [-0.25, -0.2) is 0 Å². The van der Waals surface area contributed by atoms with E-state index in [1.54, 1.807) is 7.11 Å². The summed E-state index contributed by atoms with van der Waals surface area (Å²) >= 11 is 0. The van der Waals surface area contributed by atoms with Crippen LogP contribution < -0.4 is 0 Å². The molecule has 1 rings (SSSR count). The van der Waals surface area contributed by atoms with E-state index in [2.05, 4.69) is 11.0 Å². The van der Waals surface area contributed by atoms with Crippen LogP contribution >= 0.6 is 0 Å². The molecule has 0 aromatic rings. The second-order valence-electron chi connectivity index (χ2n) is 3.93. The number of likely N-dealkylation sites (tertiary alicyclic amines) is 1. The lowest BCUT2D eigenvalue weighted by Crippen LogP contribution is -2.23. The van der Waals surface area contributed by atoms with E-state index in [4.69, 9.17) is 14.7 Å². The molecule has 1 aliphatic rings. The molecule has 1 fully saturated rings. The highest BCUT2D eigenvalue weighted by atomic mass is 16.5. The predicted octanol–water partition coefficient (Wildman–Crippen LogP) is 0.885. The van der Waals surface area contributed by atoms with Crippen molar-refractivity contribution in [3.05, 3.63) is 0 Å². The molecule has 0 spiro atoms. The zero-order valence-electron chi connectivity index (χ0n) is 9.45. The van der Waals surface area contributed by atoms with Gasteiger partial charge in [0.1, 0.15) is 0 Å². The summed E-state index contributed by atoms with van der Waals surface area (Å²) in [5, 5.41) is 8.48. The molecule has 0 aliphatic carbocycles. The summed E-state index contributed by atoms with van der Waals surface area (Å²) in [6.07, 6.45) is 1.83. The van der Waals surface area contributed by atoms with Gasteiger partial charge in [-0.05, 0) is 18.9 Å². The van der Waals surface area contributed by atoms with Crippen LogP contribution in [0.2, 0.25) is 0 Å². The van der Waals surface area contributed by atoms with Crippen molar-refractivity contribution in [1.29, 1.82) is 5.26 Å². The minimum absolute atomic E-state index is 0.636. The fourth-order valence-corrected chi connectivity index (χ4v) is 1.85. The molecule has 0 N–H and O–H groups in total. The Balaban J connectivity index is 2.01. The number of hydrogen-bond acceptors (Lipinski definition) is 4.